The lowest BCUT2D eigenvalue weighted by atomic mass is 10.2. The van der Waals surface area contributed by atoms with E-state index in [1.54, 1.807) is 25.1 Å². The summed E-state index contributed by atoms with van der Waals surface area (Å²) in [6, 6.07) is 6.53. The van der Waals surface area contributed by atoms with E-state index in [1.165, 1.54) is 16.6 Å². The van der Waals surface area contributed by atoms with Gasteiger partial charge in [0.25, 0.3) is 5.91 Å². The predicted octanol–water partition coefficient (Wildman–Crippen LogP) is 3.08. The number of nitrogens with one attached hydrogen (secondary N) is 1. The Hall–Kier alpha value is -2.32. The van der Waals surface area contributed by atoms with E-state index in [4.69, 9.17) is 4.42 Å². The van der Waals surface area contributed by atoms with E-state index in [0.29, 0.717) is 24.5 Å². The maximum absolute atomic E-state index is 13.0. The second-order valence-electron chi connectivity index (χ2n) is 6.92. The van der Waals surface area contributed by atoms with Crippen molar-refractivity contribution in [1.29, 1.82) is 0 Å². The van der Waals surface area contributed by atoms with Crippen LogP contribution < -0.4 is 10.2 Å². The third kappa shape index (κ3) is 4.01. The fraction of sp³-hybridized carbons (Fsp3) is 0.421. The van der Waals surface area contributed by atoms with Crippen molar-refractivity contribution >= 4 is 27.3 Å². The number of nitrogens with zero attached hydrogens (tertiary/aromatic N) is 2. The summed E-state index contributed by atoms with van der Waals surface area (Å²) in [5.41, 5.74) is 1.86. The molecule has 1 amide bonds. The zero-order valence-electron chi connectivity index (χ0n) is 15.9. The number of aryl methyl sites for hydroxylation is 1. The molecule has 7 nitrogen and oxygen atoms in total. The Kier molecular flexibility index (Phi) is 5.57. The molecule has 2 aromatic rings. The number of amides is 1. The molecule has 0 spiro atoms. The molecule has 1 aliphatic rings. The minimum atomic E-state index is -3.58. The van der Waals surface area contributed by atoms with Crippen LogP contribution in [0.5, 0.6) is 0 Å². The number of furan rings is 1. The lowest BCUT2D eigenvalue weighted by Gasteiger charge is -2.26. The molecule has 146 valence electrons. The molecule has 3 rings (SSSR count). The molecule has 0 unspecified atom stereocenters. The van der Waals surface area contributed by atoms with Crippen LogP contribution >= 0.6 is 0 Å². The van der Waals surface area contributed by atoms with Crippen LogP contribution in [-0.4, -0.2) is 45.8 Å². The molecule has 2 heterocycles. The number of hydrogen-bond acceptors (Lipinski definition) is 5. The molecule has 1 aromatic carbocycles. The van der Waals surface area contributed by atoms with Crippen LogP contribution in [0.3, 0.4) is 0 Å². The van der Waals surface area contributed by atoms with Gasteiger partial charge in [0.1, 0.15) is 0 Å². The normalized spacial score (nSPS) is 15.5. The molecule has 0 atom stereocenters. The average molecular weight is 391 g/mol. The maximum atomic E-state index is 13.0. The van der Waals surface area contributed by atoms with Crippen molar-refractivity contribution in [3.8, 4) is 0 Å². The first kappa shape index (κ1) is 19.4. The van der Waals surface area contributed by atoms with Crippen LogP contribution in [0.15, 0.2) is 39.8 Å². The summed E-state index contributed by atoms with van der Waals surface area (Å²) in [4.78, 5) is 14.6. The van der Waals surface area contributed by atoms with Crippen molar-refractivity contribution in [2.75, 3.05) is 37.4 Å². The van der Waals surface area contributed by atoms with E-state index in [-0.39, 0.29) is 10.7 Å². The number of carbonyl (C=O) groups excluding carboxylic acids is 1. The van der Waals surface area contributed by atoms with Crippen molar-refractivity contribution in [1.82, 2.24) is 4.31 Å². The molecule has 1 aliphatic heterocycles. The topological polar surface area (TPSA) is 82.9 Å². The predicted molar refractivity (Wildman–Crippen MR) is 105 cm³/mol. The van der Waals surface area contributed by atoms with E-state index < -0.39 is 15.9 Å². The monoisotopic (exact) mass is 391 g/mol. The number of piperidine rings is 1. The molecular formula is C19H25N3O4S. The van der Waals surface area contributed by atoms with Gasteiger partial charge in [-0.05, 0) is 44.0 Å². The Balaban J connectivity index is 1.95. The quantitative estimate of drug-likeness (QED) is 0.847. The van der Waals surface area contributed by atoms with Crippen molar-refractivity contribution in [3.05, 3.63) is 41.9 Å². The number of benzene rings is 1. The number of rotatable bonds is 5. The van der Waals surface area contributed by atoms with E-state index in [0.717, 1.165) is 24.8 Å². The highest BCUT2D eigenvalue weighted by molar-refractivity contribution is 7.89. The summed E-state index contributed by atoms with van der Waals surface area (Å²) in [6.07, 6.45) is 4.25. The highest BCUT2D eigenvalue weighted by Gasteiger charge is 2.27. The summed E-state index contributed by atoms with van der Waals surface area (Å²) in [7, 11) is 0.0858. The van der Waals surface area contributed by atoms with Gasteiger partial charge in [0.05, 0.1) is 22.5 Å². The summed E-state index contributed by atoms with van der Waals surface area (Å²) in [5.74, 6) is -0.197. The summed E-state index contributed by atoms with van der Waals surface area (Å²) in [5, 5.41) is 2.79. The molecular weight excluding hydrogens is 366 g/mol. The zero-order valence-corrected chi connectivity index (χ0v) is 16.7. The van der Waals surface area contributed by atoms with Crippen molar-refractivity contribution < 1.29 is 17.6 Å². The van der Waals surface area contributed by atoms with Gasteiger partial charge in [-0.15, -0.1) is 0 Å². The van der Waals surface area contributed by atoms with E-state index >= 15 is 0 Å². The second-order valence-corrected chi connectivity index (χ2v) is 8.86. The zero-order chi connectivity index (χ0) is 19.6. The molecule has 8 heteroatoms. The van der Waals surface area contributed by atoms with Crippen molar-refractivity contribution in [3.63, 3.8) is 0 Å². The summed E-state index contributed by atoms with van der Waals surface area (Å²) >= 11 is 0. The average Bonchev–Trinajstić information content (AvgIpc) is 3.08. The van der Waals surface area contributed by atoms with E-state index in [2.05, 4.69) is 5.32 Å². The smallest absolute Gasteiger partial charge is 0.291 e. The fourth-order valence-electron chi connectivity index (χ4n) is 3.20. The molecule has 0 saturated carbocycles. The molecule has 1 saturated heterocycles. The van der Waals surface area contributed by atoms with Crippen LogP contribution in [0.4, 0.5) is 11.4 Å². The number of sulfonamides is 1. The maximum Gasteiger partial charge on any atom is 0.291 e. The van der Waals surface area contributed by atoms with Crippen molar-refractivity contribution in [2.24, 2.45) is 0 Å². The Morgan fingerprint density at radius 2 is 1.85 bits per heavy atom. The van der Waals surface area contributed by atoms with Gasteiger partial charge in [-0.25, -0.2) is 8.42 Å². The largest absolute Gasteiger partial charge is 0.459 e. The third-order valence-corrected chi connectivity index (χ3v) is 6.61. The number of hydrogen-bond donors (Lipinski definition) is 1. The van der Waals surface area contributed by atoms with Gasteiger partial charge in [0, 0.05) is 32.7 Å². The Labute approximate surface area is 160 Å². The van der Waals surface area contributed by atoms with Crippen LogP contribution in [0.1, 0.15) is 35.4 Å². The lowest BCUT2D eigenvalue weighted by Crippen LogP contribution is -2.35. The van der Waals surface area contributed by atoms with E-state index in [1.807, 2.05) is 19.0 Å². The van der Waals surface area contributed by atoms with Gasteiger partial charge >= 0.3 is 0 Å². The Morgan fingerprint density at radius 3 is 2.44 bits per heavy atom. The molecule has 1 N–H and O–H groups in total. The third-order valence-electron chi connectivity index (χ3n) is 4.72. The fourth-order valence-corrected chi connectivity index (χ4v) is 4.75. The molecule has 0 bridgehead atoms. The van der Waals surface area contributed by atoms with E-state index in [9.17, 15) is 13.2 Å². The van der Waals surface area contributed by atoms with Gasteiger partial charge in [-0.2, -0.15) is 4.31 Å². The first-order valence-corrected chi connectivity index (χ1v) is 10.4. The number of carbonyl (C=O) groups is 1. The standard InChI is InChI=1S/C19H25N3O4S/c1-14-9-12-26-18(14)19(23)20-16-13-15(7-8-17(16)21(2)3)27(24,25)22-10-5-4-6-11-22/h7-9,12-13H,4-6,10-11H2,1-3H3,(H,20,23). The lowest BCUT2D eigenvalue weighted by molar-refractivity contribution is 0.0996. The number of anilines is 2. The highest BCUT2D eigenvalue weighted by Crippen LogP contribution is 2.30. The minimum Gasteiger partial charge on any atom is -0.459 e. The second kappa shape index (κ2) is 7.74. The summed E-state index contributed by atoms with van der Waals surface area (Å²) < 4.78 is 32.7. The first-order chi connectivity index (χ1) is 12.8. The van der Waals surface area contributed by atoms with Gasteiger partial charge in [0.2, 0.25) is 10.0 Å². The van der Waals surface area contributed by atoms with Gasteiger partial charge in [-0.3, -0.25) is 4.79 Å². The van der Waals surface area contributed by atoms with Gasteiger partial charge in [0.15, 0.2) is 5.76 Å². The molecule has 0 aliphatic carbocycles. The van der Waals surface area contributed by atoms with Crippen LogP contribution in [-0.2, 0) is 10.0 Å². The Morgan fingerprint density at radius 1 is 1.15 bits per heavy atom. The summed E-state index contributed by atoms with van der Waals surface area (Å²) in [6.45, 7) is 2.85. The highest BCUT2D eigenvalue weighted by atomic mass is 32.2. The van der Waals surface area contributed by atoms with Crippen molar-refractivity contribution in [2.45, 2.75) is 31.1 Å². The van der Waals surface area contributed by atoms with Crippen LogP contribution in [0, 0.1) is 6.92 Å². The van der Waals surface area contributed by atoms with Gasteiger partial charge in [-0.1, -0.05) is 6.42 Å². The van der Waals surface area contributed by atoms with Crippen LogP contribution in [0.25, 0.3) is 0 Å². The van der Waals surface area contributed by atoms with Crippen LogP contribution in [0.2, 0.25) is 0 Å². The SMILES string of the molecule is Cc1ccoc1C(=O)Nc1cc(S(=O)(=O)N2CCCCC2)ccc1N(C)C. The molecule has 27 heavy (non-hydrogen) atoms. The minimum absolute atomic E-state index is 0.182. The van der Waals surface area contributed by atoms with Gasteiger partial charge < -0.3 is 14.6 Å². The first-order valence-electron chi connectivity index (χ1n) is 8.97. The molecule has 1 fully saturated rings. The molecule has 0 radical (unpaired) electrons. The molecule has 1 aromatic heterocycles. The Bertz CT molecular complexity index is 928.